The molecule has 0 aliphatic heterocycles. The van der Waals surface area contributed by atoms with Gasteiger partial charge in [-0.1, -0.05) is 20.8 Å². The summed E-state index contributed by atoms with van der Waals surface area (Å²) in [6, 6.07) is -0.170. The first kappa shape index (κ1) is 16.9. The number of carboxylic acid groups (broad SMARTS) is 1. The van der Waals surface area contributed by atoms with Crippen molar-refractivity contribution in [2.75, 3.05) is 13.1 Å². The average molecular weight is 258 g/mol. The molecule has 0 spiro atoms. The second kappa shape index (κ2) is 7.36. The van der Waals surface area contributed by atoms with Crippen LogP contribution in [0.5, 0.6) is 0 Å². The number of carbonyl (C=O) groups excluding carboxylic acids is 1. The van der Waals surface area contributed by atoms with Crippen molar-refractivity contribution < 1.29 is 14.7 Å². The highest BCUT2D eigenvalue weighted by atomic mass is 16.4. The van der Waals surface area contributed by atoms with Gasteiger partial charge >= 0.3 is 5.97 Å². The van der Waals surface area contributed by atoms with Crippen molar-refractivity contribution in [3.63, 3.8) is 0 Å². The molecule has 5 heteroatoms. The van der Waals surface area contributed by atoms with Gasteiger partial charge in [-0.25, -0.2) is 0 Å². The van der Waals surface area contributed by atoms with Gasteiger partial charge < -0.3 is 15.7 Å². The maximum atomic E-state index is 11.9. The molecule has 106 valence electrons. The molecule has 0 bridgehead atoms. The smallest absolute Gasteiger partial charge is 0.305 e. The Morgan fingerprint density at radius 3 is 2.28 bits per heavy atom. The minimum Gasteiger partial charge on any atom is -0.481 e. The van der Waals surface area contributed by atoms with Crippen molar-refractivity contribution in [1.29, 1.82) is 0 Å². The second-order valence-corrected chi connectivity index (χ2v) is 5.85. The third-order valence-electron chi connectivity index (χ3n) is 2.64. The molecule has 18 heavy (non-hydrogen) atoms. The van der Waals surface area contributed by atoms with Crippen molar-refractivity contribution in [3.05, 3.63) is 0 Å². The summed E-state index contributed by atoms with van der Waals surface area (Å²) in [6.07, 6.45) is 1.04. The monoisotopic (exact) mass is 258 g/mol. The van der Waals surface area contributed by atoms with Crippen LogP contribution in [-0.2, 0) is 9.59 Å². The lowest BCUT2D eigenvalue weighted by molar-refractivity contribution is -0.138. The maximum Gasteiger partial charge on any atom is 0.305 e. The van der Waals surface area contributed by atoms with E-state index in [-0.39, 0.29) is 36.8 Å². The largest absolute Gasteiger partial charge is 0.481 e. The minimum absolute atomic E-state index is 0.0198. The van der Waals surface area contributed by atoms with Gasteiger partial charge in [-0.15, -0.1) is 0 Å². The van der Waals surface area contributed by atoms with E-state index < -0.39 is 5.97 Å². The number of aliphatic carboxylic acids is 1. The van der Waals surface area contributed by atoms with Crippen LogP contribution in [-0.4, -0.2) is 41.0 Å². The molecule has 0 aliphatic carbocycles. The average Bonchev–Trinajstić information content (AvgIpc) is 2.14. The van der Waals surface area contributed by atoms with E-state index in [0.717, 1.165) is 6.42 Å². The standard InChI is InChI=1S/C13H26N2O3/c1-5-15(7-6-12(17)18)11(16)8-10(14)9-13(2,3)4/h10H,5-9,14H2,1-4H3,(H,17,18). The predicted octanol–water partition coefficient (Wildman–Crippen LogP) is 1.46. The molecule has 1 atom stereocenters. The molecule has 0 rings (SSSR count). The molecule has 1 amide bonds. The van der Waals surface area contributed by atoms with Crippen LogP contribution < -0.4 is 5.73 Å². The molecular formula is C13H26N2O3. The predicted molar refractivity (Wildman–Crippen MR) is 71.2 cm³/mol. The highest BCUT2D eigenvalue weighted by molar-refractivity contribution is 5.77. The number of hydrogen-bond acceptors (Lipinski definition) is 3. The first-order valence-electron chi connectivity index (χ1n) is 6.41. The van der Waals surface area contributed by atoms with Gasteiger partial charge in [0.05, 0.1) is 6.42 Å². The van der Waals surface area contributed by atoms with Gasteiger partial charge in [0.15, 0.2) is 0 Å². The number of amides is 1. The number of hydrogen-bond donors (Lipinski definition) is 2. The Morgan fingerprint density at radius 2 is 1.89 bits per heavy atom. The summed E-state index contributed by atoms with van der Waals surface area (Å²) in [5, 5.41) is 8.61. The number of nitrogens with zero attached hydrogens (tertiary/aromatic N) is 1. The summed E-state index contributed by atoms with van der Waals surface area (Å²) in [5.74, 6) is -0.948. The van der Waals surface area contributed by atoms with Gasteiger partial charge in [0.2, 0.25) is 5.91 Å². The Bertz CT molecular complexity index is 284. The number of rotatable bonds is 7. The lowest BCUT2D eigenvalue weighted by atomic mass is 9.87. The van der Waals surface area contributed by atoms with Crippen LogP contribution in [0.3, 0.4) is 0 Å². The second-order valence-electron chi connectivity index (χ2n) is 5.85. The van der Waals surface area contributed by atoms with Crippen LogP contribution in [0.4, 0.5) is 0 Å². The van der Waals surface area contributed by atoms with Crippen LogP contribution in [0, 0.1) is 5.41 Å². The molecule has 0 aromatic heterocycles. The first-order chi connectivity index (χ1) is 8.15. The van der Waals surface area contributed by atoms with Crippen LogP contribution >= 0.6 is 0 Å². The van der Waals surface area contributed by atoms with Crippen LogP contribution in [0.2, 0.25) is 0 Å². The quantitative estimate of drug-likeness (QED) is 0.724. The highest BCUT2D eigenvalue weighted by Crippen LogP contribution is 2.21. The summed E-state index contributed by atoms with van der Waals surface area (Å²) in [5.41, 5.74) is 6.04. The molecule has 1 unspecified atom stereocenters. The van der Waals surface area contributed by atoms with Crippen molar-refractivity contribution in [2.24, 2.45) is 11.1 Å². The zero-order chi connectivity index (χ0) is 14.3. The van der Waals surface area contributed by atoms with Gasteiger partial charge in [0.25, 0.3) is 0 Å². The van der Waals surface area contributed by atoms with E-state index in [1.165, 1.54) is 0 Å². The molecule has 0 saturated carbocycles. The van der Waals surface area contributed by atoms with Crippen LogP contribution in [0.1, 0.15) is 47.0 Å². The Kier molecular flexibility index (Phi) is 6.91. The van der Waals surface area contributed by atoms with Crippen LogP contribution in [0.15, 0.2) is 0 Å². The molecule has 0 aromatic carbocycles. The fourth-order valence-electron chi connectivity index (χ4n) is 1.90. The molecule has 0 aromatic rings. The summed E-state index contributed by atoms with van der Waals surface area (Å²) >= 11 is 0. The zero-order valence-electron chi connectivity index (χ0n) is 11.9. The third kappa shape index (κ3) is 8.06. The lowest BCUT2D eigenvalue weighted by Crippen LogP contribution is -2.38. The van der Waals surface area contributed by atoms with E-state index in [4.69, 9.17) is 10.8 Å². The Morgan fingerprint density at radius 1 is 1.33 bits per heavy atom. The molecule has 0 radical (unpaired) electrons. The number of carbonyl (C=O) groups is 2. The van der Waals surface area contributed by atoms with E-state index in [1.807, 2.05) is 6.92 Å². The van der Waals surface area contributed by atoms with E-state index in [9.17, 15) is 9.59 Å². The van der Waals surface area contributed by atoms with Gasteiger partial charge in [-0.2, -0.15) is 0 Å². The zero-order valence-corrected chi connectivity index (χ0v) is 11.9. The normalized spacial score (nSPS) is 13.2. The first-order valence-corrected chi connectivity index (χ1v) is 6.41. The van der Waals surface area contributed by atoms with Gasteiger partial charge in [0, 0.05) is 25.6 Å². The lowest BCUT2D eigenvalue weighted by Gasteiger charge is -2.26. The molecule has 3 N–H and O–H groups in total. The van der Waals surface area contributed by atoms with Crippen molar-refractivity contribution >= 4 is 11.9 Å². The molecule has 0 heterocycles. The maximum absolute atomic E-state index is 11.9. The highest BCUT2D eigenvalue weighted by Gasteiger charge is 2.20. The minimum atomic E-state index is -0.889. The topological polar surface area (TPSA) is 83.6 Å². The Hall–Kier alpha value is -1.10. The third-order valence-corrected chi connectivity index (χ3v) is 2.64. The molecule has 0 fully saturated rings. The Balaban J connectivity index is 4.22. The van der Waals surface area contributed by atoms with E-state index in [2.05, 4.69) is 20.8 Å². The van der Waals surface area contributed by atoms with Crippen molar-refractivity contribution in [1.82, 2.24) is 4.90 Å². The SMILES string of the molecule is CCN(CCC(=O)O)C(=O)CC(N)CC(C)(C)C. The fraction of sp³-hybridized carbons (Fsp3) is 0.846. The van der Waals surface area contributed by atoms with E-state index in [1.54, 1.807) is 4.90 Å². The summed E-state index contributed by atoms with van der Waals surface area (Å²) in [4.78, 5) is 24.0. The van der Waals surface area contributed by atoms with Gasteiger partial charge in [-0.05, 0) is 18.8 Å². The molecule has 0 aliphatic rings. The van der Waals surface area contributed by atoms with E-state index >= 15 is 0 Å². The molecular weight excluding hydrogens is 232 g/mol. The molecule has 0 saturated heterocycles. The summed E-state index contributed by atoms with van der Waals surface area (Å²) in [6.45, 7) is 8.87. The van der Waals surface area contributed by atoms with Crippen molar-refractivity contribution in [3.8, 4) is 0 Å². The fourth-order valence-corrected chi connectivity index (χ4v) is 1.90. The summed E-state index contributed by atoms with van der Waals surface area (Å²) < 4.78 is 0. The Labute approximate surface area is 109 Å². The van der Waals surface area contributed by atoms with Gasteiger partial charge in [-0.3, -0.25) is 9.59 Å². The molecule has 5 nitrogen and oxygen atoms in total. The number of carboxylic acids is 1. The van der Waals surface area contributed by atoms with Crippen LogP contribution in [0.25, 0.3) is 0 Å². The van der Waals surface area contributed by atoms with Gasteiger partial charge in [0.1, 0.15) is 0 Å². The van der Waals surface area contributed by atoms with E-state index in [0.29, 0.717) is 6.54 Å². The number of nitrogens with two attached hydrogens (primary N) is 1. The summed E-state index contributed by atoms with van der Waals surface area (Å²) in [7, 11) is 0. The van der Waals surface area contributed by atoms with Crippen molar-refractivity contribution in [2.45, 2.75) is 53.0 Å².